The van der Waals surface area contributed by atoms with Gasteiger partial charge in [-0.3, -0.25) is 0 Å². The van der Waals surface area contributed by atoms with Crippen molar-refractivity contribution in [3.8, 4) is 0 Å². The summed E-state index contributed by atoms with van der Waals surface area (Å²) in [5, 5.41) is 0. The number of carbonyl (C=O) groups is 1. The maximum absolute atomic E-state index is 13.5. The van der Waals surface area contributed by atoms with Crippen molar-refractivity contribution in [2.45, 2.75) is 18.9 Å². The van der Waals surface area contributed by atoms with Crippen LogP contribution < -0.4 is 5.73 Å². The highest BCUT2D eigenvalue weighted by Crippen LogP contribution is 2.33. The first-order chi connectivity index (χ1) is 8.73. The minimum atomic E-state index is -4.26. The van der Waals surface area contributed by atoms with Crippen molar-refractivity contribution in [1.82, 2.24) is 0 Å². The van der Waals surface area contributed by atoms with Gasteiger partial charge < -0.3 is 10.5 Å². The number of hydrogen-bond donors (Lipinski definition) is 1. The number of rotatable bonds is 4. The number of ether oxygens (including phenoxy) is 1. The zero-order valence-electron chi connectivity index (χ0n) is 10.1. The van der Waals surface area contributed by atoms with Gasteiger partial charge in [-0.25, -0.2) is 18.0 Å². The van der Waals surface area contributed by atoms with Gasteiger partial charge in [-0.1, -0.05) is 6.07 Å². The number of esters is 1. The van der Waals surface area contributed by atoms with Gasteiger partial charge in [-0.15, -0.1) is 12.4 Å². The van der Waals surface area contributed by atoms with E-state index in [2.05, 4.69) is 4.74 Å². The Morgan fingerprint density at radius 2 is 1.85 bits per heavy atom. The van der Waals surface area contributed by atoms with Crippen LogP contribution in [0.4, 0.5) is 22.0 Å². The van der Waals surface area contributed by atoms with Gasteiger partial charge in [-0.05, 0) is 13.0 Å². The van der Waals surface area contributed by atoms with Crippen molar-refractivity contribution in [3.63, 3.8) is 0 Å². The molecule has 0 amide bonds. The Morgan fingerprint density at radius 1 is 1.30 bits per heavy atom. The zero-order chi connectivity index (χ0) is 14.8. The van der Waals surface area contributed by atoms with Gasteiger partial charge in [-0.2, -0.15) is 8.78 Å². The number of carbonyl (C=O) groups excluding carboxylic acids is 1. The first-order valence-corrected chi connectivity index (χ1v) is 5.17. The smallest absolute Gasteiger partial charge is 0.379 e. The summed E-state index contributed by atoms with van der Waals surface area (Å²) in [5.41, 5.74) is 4.03. The van der Waals surface area contributed by atoms with Crippen LogP contribution in [-0.2, 0) is 9.53 Å². The third-order valence-electron chi connectivity index (χ3n) is 2.34. The van der Waals surface area contributed by atoms with Crippen molar-refractivity contribution >= 4 is 18.4 Å². The molecule has 0 aliphatic rings. The third-order valence-corrected chi connectivity index (χ3v) is 2.34. The van der Waals surface area contributed by atoms with E-state index in [0.29, 0.717) is 12.1 Å². The molecule has 3 nitrogen and oxygen atoms in total. The molecule has 2 N–H and O–H groups in total. The molecule has 0 aromatic heterocycles. The third kappa shape index (κ3) is 3.37. The highest BCUT2D eigenvalue weighted by molar-refractivity contribution is 5.85. The van der Waals surface area contributed by atoms with Gasteiger partial charge in [0, 0.05) is 5.56 Å². The monoisotopic (exact) mass is 319 g/mol. The molecule has 0 bridgehead atoms. The Kier molecular flexibility index (Phi) is 6.36. The van der Waals surface area contributed by atoms with E-state index in [1.54, 1.807) is 0 Å². The van der Waals surface area contributed by atoms with E-state index in [0.717, 1.165) is 0 Å². The first-order valence-electron chi connectivity index (χ1n) is 5.17. The molecule has 0 radical (unpaired) electrons. The predicted molar refractivity (Wildman–Crippen MR) is 62.1 cm³/mol. The molecule has 0 aliphatic carbocycles. The number of benzene rings is 1. The van der Waals surface area contributed by atoms with Gasteiger partial charge in [0.15, 0.2) is 17.5 Å². The standard InChI is InChI=1S/C11H10F5NO2.ClH/c1-2-19-10(18)11(15,16)9(17)5-3-4-6(12)8(14)7(5)13;/h3-4,9H,2,17H2,1H3;1H/t9-;/m1./s1. The lowest BCUT2D eigenvalue weighted by Gasteiger charge is -2.22. The molecule has 114 valence electrons. The van der Waals surface area contributed by atoms with Crippen LogP contribution in [0.2, 0.25) is 0 Å². The van der Waals surface area contributed by atoms with Crippen molar-refractivity contribution in [2.75, 3.05) is 6.61 Å². The summed E-state index contributed by atoms with van der Waals surface area (Å²) in [7, 11) is 0. The quantitative estimate of drug-likeness (QED) is 0.527. The Morgan fingerprint density at radius 3 is 2.35 bits per heavy atom. The second-order valence-electron chi connectivity index (χ2n) is 3.59. The number of halogens is 6. The number of nitrogens with two attached hydrogens (primary N) is 1. The van der Waals surface area contributed by atoms with Crippen LogP contribution in [-0.4, -0.2) is 18.5 Å². The first kappa shape index (κ1) is 18.6. The summed E-state index contributed by atoms with van der Waals surface area (Å²) in [6.07, 6.45) is 0. The minimum absolute atomic E-state index is 0. The SMILES string of the molecule is CCOC(=O)C(F)(F)[C@H](N)c1ccc(F)c(F)c1F.Cl. The molecule has 0 fully saturated rings. The molecule has 20 heavy (non-hydrogen) atoms. The molecular formula is C11H11ClF5NO2. The van der Waals surface area contributed by atoms with Gasteiger partial charge in [0.05, 0.1) is 6.61 Å². The Balaban J connectivity index is 0.00000361. The number of alkyl halides is 2. The summed E-state index contributed by atoms with van der Waals surface area (Å²) >= 11 is 0. The molecule has 1 aromatic carbocycles. The van der Waals surface area contributed by atoms with Crippen LogP contribution in [0.5, 0.6) is 0 Å². The summed E-state index contributed by atoms with van der Waals surface area (Å²) in [6.45, 7) is 0.957. The fourth-order valence-electron chi connectivity index (χ4n) is 1.33. The highest BCUT2D eigenvalue weighted by atomic mass is 35.5. The summed E-state index contributed by atoms with van der Waals surface area (Å²) < 4.78 is 70.0. The summed E-state index contributed by atoms with van der Waals surface area (Å²) in [5.74, 6) is -11.6. The average Bonchev–Trinajstić information content (AvgIpc) is 2.35. The van der Waals surface area contributed by atoms with Gasteiger partial charge in [0.25, 0.3) is 0 Å². The van der Waals surface area contributed by atoms with E-state index in [1.165, 1.54) is 6.92 Å². The summed E-state index contributed by atoms with van der Waals surface area (Å²) in [6, 6.07) is -1.50. The Bertz CT molecular complexity index is 498. The molecule has 1 atom stereocenters. The van der Waals surface area contributed by atoms with E-state index in [9.17, 15) is 26.7 Å². The van der Waals surface area contributed by atoms with E-state index >= 15 is 0 Å². The molecule has 9 heteroatoms. The largest absolute Gasteiger partial charge is 0.462 e. The molecule has 1 aromatic rings. The van der Waals surface area contributed by atoms with E-state index in [1.807, 2.05) is 0 Å². The maximum atomic E-state index is 13.5. The van der Waals surface area contributed by atoms with Crippen LogP contribution in [0.1, 0.15) is 18.5 Å². The lowest BCUT2D eigenvalue weighted by molar-refractivity contribution is -0.174. The van der Waals surface area contributed by atoms with Crippen molar-refractivity contribution in [2.24, 2.45) is 5.73 Å². The van der Waals surface area contributed by atoms with Crippen molar-refractivity contribution in [1.29, 1.82) is 0 Å². The molecule has 0 unspecified atom stereocenters. The molecule has 0 saturated heterocycles. The van der Waals surface area contributed by atoms with E-state index < -0.39 is 40.9 Å². The van der Waals surface area contributed by atoms with Crippen LogP contribution >= 0.6 is 12.4 Å². The summed E-state index contributed by atoms with van der Waals surface area (Å²) in [4.78, 5) is 11.0. The fraction of sp³-hybridized carbons (Fsp3) is 0.364. The van der Waals surface area contributed by atoms with Gasteiger partial charge >= 0.3 is 11.9 Å². The zero-order valence-corrected chi connectivity index (χ0v) is 10.9. The fourth-order valence-corrected chi connectivity index (χ4v) is 1.33. The van der Waals surface area contributed by atoms with Gasteiger partial charge in [0.2, 0.25) is 0 Å². The maximum Gasteiger partial charge on any atom is 0.379 e. The van der Waals surface area contributed by atoms with Crippen molar-refractivity contribution in [3.05, 3.63) is 35.1 Å². The Labute approximate surface area is 117 Å². The van der Waals surface area contributed by atoms with Crippen molar-refractivity contribution < 1.29 is 31.5 Å². The highest BCUT2D eigenvalue weighted by Gasteiger charge is 2.49. The second kappa shape index (κ2) is 6.85. The van der Waals surface area contributed by atoms with Crippen LogP contribution in [0.25, 0.3) is 0 Å². The second-order valence-corrected chi connectivity index (χ2v) is 3.59. The van der Waals surface area contributed by atoms with E-state index in [4.69, 9.17) is 5.73 Å². The molecule has 0 saturated carbocycles. The molecule has 1 rings (SSSR count). The topological polar surface area (TPSA) is 52.3 Å². The van der Waals surface area contributed by atoms with Crippen LogP contribution in [0.15, 0.2) is 12.1 Å². The average molecular weight is 320 g/mol. The Hall–Kier alpha value is -1.41. The normalized spacial score (nSPS) is 12.6. The molecular weight excluding hydrogens is 309 g/mol. The lowest BCUT2D eigenvalue weighted by Crippen LogP contribution is -2.42. The molecule has 0 aliphatic heterocycles. The van der Waals surface area contributed by atoms with E-state index in [-0.39, 0.29) is 19.0 Å². The number of hydrogen-bond acceptors (Lipinski definition) is 3. The minimum Gasteiger partial charge on any atom is -0.462 e. The van der Waals surface area contributed by atoms with Gasteiger partial charge in [0.1, 0.15) is 6.04 Å². The van der Waals surface area contributed by atoms with Crippen LogP contribution in [0.3, 0.4) is 0 Å². The predicted octanol–water partition coefficient (Wildman–Crippen LogP) is 2.72. The molecule has 0 spiro atoms. The lowest BCUT2D eigenvalue weighted by atomic mass is 10.0. The van der Waals surface area contributed by atoms with Crippen LogP contribution in [0, 0.1) is 17.5 Å². The molecule has 0 heterocycles.